The van der Waals surface area contributed by atoms with Crippen LogP contribution in [0.1, 0.15) is 181 Å². The average Bonchev–Trinajstić information content (AvgIpc) is 3.08. The molecule has 0 aromatic rings. The van der Waals surface area contributed by atoms with Gasteiger partial charge in [-0.05, 0) is 50.9 Å². The summed E-state index contributed by atoms with van der Waals surface area (Å²) in [4.78, 5) is 23.9. The molecule has 0 radical (unpaired) electrons. The fourth-order valence-corrected chi connectivity index (χ4v) is 5.46. The Hall–Kier alpha value is -2.18. The smallest absolute Gasteiger partial charge is 0.305 e. The lowest BCUT2D eigenvalue weighted by molar-refractivity contribution is -0.152. The van der Waals surface area contributed by atoms with Gasteiger partial charge >= 0.3 is 11.9 Å². The summed E-state index contributed by atoms with van der Waals surface area (Å²) in [6.07, 6.45) is 42.0. The standard InChI is InChI=1S/C43H76O6/c1-4-5-6-7-23-28-33-40(44)34-29-24-19-16-17-21-26-31-36-43(47)49-38-41(45)37-48-42(46)35-30-25-20-15-13-11-9-8-10-12-14-18-22-27-32-39(2)3/h17,19,21,23-24,28-29,34,39-41,44-45H,4-16,18,20,22,25-27,30-33,35-38H2,1-3H3/b21-17-,24-19-,28-23-,34-29+/t40-,41-/m1/s1. The Balaban J connectivity index is 3.58. The molecule has 284 valence electrons. The van der Waals surface area contributed by atoms with E-state index >= 15 is 0 Å². The lowest BCUT2D eigenvalue weighted by Crippen LogP contribution is -2.25. The van der Waals surface area contributed by atoms with Crippen molar-refractivity contribution in [3.05, 3.63) is 48.6 Å². The van der Waals surface area contributed by atoms with Crippen LogP contribution in [0, 0.1) is 5.92 Å². The molecule has 6 nitrogen and oxygen atoms in total. The first-order valence-corrected chi connectivity index (χ1v) is 20.2. The van der Waals surface area contributed by atoms with Gasteiger partial charge in [0.05, 0.1) is 6.10 Å². The van der Waals surface area contributed by atoms with Crippen molar-refractivity contribution >= 4 is 11.9 Å². The Kier molecular flexibility index (Phi) is 35.4. The summed E-state index contributed by atoms with van der Waals surface area (Å²) in [5.41, 5.74) is 0. The number of rotatable bonds is 35. The van der Waals surface area contributed by atoms with E-state index in [9.17, 15) is 19.8 Å². The highest BCUT2D eigenvalue weighted by molar-refractivity contribution is 5.69. The van der Waals surface area contributed by atoms with Gasteiger partial charge in [-0.15, -0.1) is 0 Å². The second-order valence-corrected chi connectivity index (χ2v) is 14.1. The predicted octanol–water partition coefficient (Wildman–Crippen LogP) is 11.4. The van der Waals surface area contributed by atoms with Gasteiger partial charge in [-0.3, -0.25) is 9.59 Å². The molecule has 0 fully saturated rings. The Morgan fingerprint density at radius 1 is 0.571 bits per heavy atom. The molecule has 0 spiro atoms. The number of esters is 2. The second-order valence-electron chi connectivity index (χ2n) is 14.1. The number of carbonyl (C=O) groups excluding carboxylic acids is 2. The molecule has 0 aliphatic rings. The first-order valence-electron chi connectivity index (χ1n) is 20.2. The summed E-state index contributed by atoms with van der Waals surface area (Å²) in [5, 5.41) is 20.0. The van der Waals surface area contributed by atoms with E-state index in [0.717, 1.165) is 44.4 Å². The van der Waals surface area contributed by atoms with Crippen LogP contribution in [0.3, 0.4) is 0 Å². The lowest BCUT2D eigenvalue weighted by Gasteiger charge is -2.12. The van der Waals surface area contributed by atoms with E-state index in [1.165, 1.54) is 96.3 Å². The Bertz CT molecular complexity index is 858. The minimum atomic E-state index is -1.00. The summed E-state index contributed by atoms with van der Waals surface area (Å²) in [7, 11) is 0. The van der Waals surface area contributed by atoms with E-state index in [4.69, 9.17) is 9.47 Å². The van der Waals surface area contributed by atoms with E-state index < -0.39 is 12.2 Å². The van der Waals surface area contributed by atoms with Crippen molar-refractivity contribution in [2.75, 3.05) is 13.2 Å². The van der Waals surface area contributed by atoms with Crippen molar-refractivity contribution in [1.29, 1.82) is 0 Å². The third kappa shape index (κ3) is 38.5. The molecule has 0 saturated heterocycles. The van der Waals surface area contributed by atoms with Gasteiger partial charge in [0.2, 0.25) is 0 Å². The van der Waals surface area contributed by atoms with E-state index in [1.807, 2.05) is 30.4 Å². The first-order chi connectivity index (χ1) is 23.8. The number of allylic oxidation sites excluding steroid dienone is 6. The maximum Gasteiger partial charge on any atom is 0.305 e. The topological polar surface area (TPSA) is 93.1 Å². The third-order valence-electron chi connectivity index (χ3n) is 8.58. The molecule has 49 heavy (non-hydrogen) atoms. The number of aliphatic hydroxyl groups excluding tert-OH is 2. The van der Waals surface area contributed by atoms with Crippen LogP contribution in [0.4, 0.5) is 0 Å². The normalized spacial score (nSPS) is 13.4. The van der Waals surface area contributed by atoms with Gasteiger partial charge < -0.3 is 19.7 Å². The SMILES string of the molecule is CCCCC/C=C\C[C@@H](O)/C=C/C=C\C/C=C\CCCC(=O)OC[C@H](O)COC(=O)CCCCCCCCCCCCCCCCC(C)C. The maximum atomic E-state index is 12.0. The van der Waals surface area contributed by atoms with Crippen molar-refractivity contribution in [3.8, 4) is 0 Å². The van der Waals surface area contributed by atoms with Gasteiger partial charge in [0.25, 0.3) is 0 Å². The van der Waals surface area contributed by atoms with Crippen molar-refractivity contribution in [2.24, 2.45) is 5.92 Å². The molecule has 0 unspecified atom stereocenters. The van der Waals surface area contributed by atoms with E-state index in [0.29, 0.717) is 19.3 Å². The first kappa shape index (κ1) is 46.8. The van der Waals surface area contributed by atoms with Crippen LogP contribution < -0.4 is 0 Å². The highest BCUT2D eigenvalue weighted by atomic mass is 16.6. The van der Waals surface area contributed by atoms with Gasteiger partial charge in [0.15, 0.2) is 0 Å². The lowest BCUT2D eigenvalue weighted by atomic mass is 10.0. The summed E-state index contributed by atoms with van der Waals surface area (Å²) < 4.78 is 10.3. The molecule has 0 aromatic carbocycles. The molecule has 2 atom stereocenters. The maximum absolute atomic E-state index is 12.0. The van der Waals surface area contributed by atoms with Crippen LogP contribution in [-0.2, 0) is 19.1 Å². The van der Waals surface area contributed by atoms with Crippen molar-refractivity contribution in [1.82, 2.24) is 0 Å². The van der Waals surface area contributed by atoms with Gasteiger partial charge in [-0.25, -0.2) is 0 Å². The van der Waals surface area contributed by atoms with Crippen LogP contribution in [0.15, 0.2) is 48.6 Å². The zero-order valence-electron chi connectivity index (χ0n) is 32.0. The fraction of sp³-hybridized carbons (Fsp3) is 0.767. The molecule has 0 rings (SSSR count). The molecule has 0 aliphatic carbocycles. The summed E-state index contributed by atoms with van der Waals surface area (Å²) in [6, 6.07) is 0. The third-order valence-corrected chi connectivity index (χ3v) is 8.58. The van der Waals surface area contributed by atoms with Gasteiger partial charge in [-0.1, -0.05) is 172 Å². The molecular weight excluding hydrogens is 612 g/mol. The molecule has 0 saturated carbocycles. The van der Waals surface area contributed by atoms with Crippen LogP contribution in [0.5, 0.6) is 0 Å². The highest BCUT2D eigenvalue weighted by Crippen LogP contribution is 2.15. The van der Waals surface area contributed by atoms with E-state index in [1.54, 1.807) is 6.08 Å². The number of hydrogen-bond acceptors (Lipinski definition) is 6. The zero-order chi connectivity index (χ0) is 36.0. The Labute approximate surface area is 301 Å². The van der Waals surface area contributed by atoms with Crippen molar-refractivity contribution in [2.45, 2.75) is 193 Å². The molecular formula is C43H76O6. The summed E-state index contributed by atoms with van der Waals surface area (Å²) in [6.45, 7) is 6.50. The van der Waals surface area contributed by atoms with Gasteiger partial charge in [0.1, 0.15) is 19.3 Å². The Morgan fingerprint density at radius 2 is 1.08 bits per heavy atom. The van der Waals surface area contributed by atoms with Crippen LogP contribution >= 0.6 is 0 Å². The molecule has 0 heterocycles. The van der Waals surface area contributed by atoms with Crippen LogP contribution in [0.25, 0.3) is 0 Å². The van der Waals surface area contributed by atoms with E-state index in [2.05, 4.69) is 32.9 Å². The van der Waals surface area contributed by atoms with Crippen molar-refractivity contribution < 1.29 is 29.3 Å². The van der Waals surface area contributed by atoms with E-state index in [-0.39, 0.29) is 31.6 Å². The monoisotopic (exact) mass is 689 g/mol. The number of aliphatic hydroxyl groups is 2. The largest absolute Gasteiger partial charge is 0.463 e. The quantitative estimate of drug-likeness (QED) is 0.0298. The molecule has 0 bridgehead atoms. The molecule has 0 aliphatic heterocycles. The molecule has 2 N–H and O–H groups in total. The highest BCUT2D eigenvalue weighted by Gasteiger charge is 2.12. The Morgan fingerprint density at radius 3 is 1.65 bits per heavy atom. The van der Waals surface area contributed by atoms with Crippen molar-refractivity contribution in [3.63, 3.8) is 0 Å². The minimum Gasteiger partial charge on any atom is -0.463 e. The molecule has 0 aromatic heterocycles. The summed E-state index contributed by atoms with van der Waals surface area (Å²) in [5.74, 6) is 0.180. The fourth-order valence-electron chi connectivity index (χ4n) is 5.46. The average molecular weight is 689 g/mol. The van der Waals surface area contributed by atoms with Gasteiger partial charge in [-0.2, -0.15) is 0 Å². The number of carbonyl (C=O) groups is 2. The predicted molar refractivity (Wildman–Crippen MR) is 206 cm³/mol. The van der Waals surface area contributed by atoms with Crippen LogP contribution in [0.2, 0.25) is 0 Å². The number of unbranched alkanes of at least 4 members (excludes halogenated alkanes) is 17. The zero-order valence-corrected chi connectivity index (χ0v) is 32.0. The summed E-state index contributed by atoms with van der Waals surface area (Å²) >= 11 is 0. The van der Waals surface area contributed by atoms with Gasteiger partial charge in [0, 0.05) is 12.8 Å². The molecule has 0 amide bonds. The number of hydrogen-bond donors (Lipinski definition) is 2. The van der Waals surface area contributed by atoms with Crippen LogP contribution in [-0.4, -0.2) is 47.6 Å². The number of ether oxygens (including phenoxy) is 2. The molecule has 6 heteroatoms. The second kappa shape index (κ2) is 37.1. The minimum absolute atomic E-state index is 0.148.